The Kier molecular flexibility index (Phi) is 7.74. The molecular formula is C31H25F4NO4S. The molecule has 0 saturated carbocycles. The van der Waals surface area contributed by atoms with Crippen LogP contribution in [0.3, 0.4) is 0 Å². The van der Waals surface area contributed by atoms with Crippen LogP contribution >= 0.6 is 0 Å². The highest BCUT2D eigenvalue weighted by Gasteiger charge is 2.31. The molecule has 0 spiro atoms. The number of para-hydroxylation sites is 1. The molecule has 1 heterocycles. The second-order valence-corrected chi connectivity index (χ2v) is 11.3. The predicted octanol–water partition coefficient (Wildman–Crippen LogP) is 7.13. The third-order valence-electron chi connectivity index (χ3n) is 6.82. The summed E-state index contributed by atoms with van der Waals surface area (Å²) in [6.07, 6.45) is -4.30. The van der Waals surface area contributed by atoms with Gasteiger partial charge in [0.2, 0.25) is 0 Å². The van der Waals surface area contributed by atoms with Crippen molar-refractivity contribution in [2.24, 2.45) is 0 Å². The molecule has 0 bridgehead atoms. The molecule has 0 unspecified atom stereocenters. The van der Waals surface area contributed by atoms with Gasteiger partial charge in [0, 0.05) is 22.7 Å². The maximum absolute atomic E-state index is 14.3. The highest BCUT2D eigenvalue weighted by atomic mass is 32.2. The van der Waals surface area contributed by atoms with Crippen LogP contribution in [0, 0.1) is 12.7 Å². The minimum atomic E-state index is -4.49. The first kappa shape index (κ1) is 28.5. The summed E-state index contributed by atoms with van der Waals surface area (Å²) in [5.74, 6) is -0.563. The summed E-state index contributed by atoms with van der Waals surface area (Å²) < 4.78 is 86.3. The average Bonchev–Trinajstić information content (AvgIpc) is 3.31. The summed E-state index contributed by atoms with van der Waals surface area (Å²) >= 11 is 0. The maximum atomic E-state index is 14.3. The molecule has 1 aromatic heterocycles. The van der Waals surface area contributed by atoms with Gasteiger partial charge in [0.05, 0.1) is 23.1 Å². The van der Waals surface area contributed by atoms with Crippen LogP contribution < -0.4 is 0 Å². The van der Waals surface area contributed by atoms with Crippen molar-refractivity contribution in [2.75, 3.05) is 6.61 Å². The summed E-state index contributed by atoms with van der Waals surface area (Å²) in [7, 11) is -4.21. The first-order valence-electron chi connectivity index (χ1n) is 12.6. The normalized spacial score (nSPS) is 13.8. The van der Waals surface area contributed by atoms with Crippen LogP contribution in [0.5, 0.6) is 0 Å². The number of aliphatic hydroxyl groups excluding tert-OH is 1. The number of hydrogen-bond donors (Lipinski definition) is 1. The van der Waals surface area contributed by atoms with Crippen LogP contribution in [0.4, 0.5) is 17.6 Å². The zero-order valence-corrected chi connectivity index (χ0v) is 22.5. The monoisotopic (exact) mass is 583 g/mol. The number of fused-ring (bicyclic) bond motifs is 1. The van der Waals surface area contributed by atoms with E-state index >= 15 is 0 Å². The Bertz CT molecular complexity index is 1780. The number of aryl methyl sites for hydroxylation is 1. The van der Waals surface area contributed by atoms with E-state index in [4.69, 9.17) is 4.18 Å². The molecule has 5 aromatic rings. The Morgan fingerprint density at radius 2 is 1.59 bits per heavy atom. The largest absolute Gasteiger partial charge is 0.416 e. The molecule has 10 heteroatoms. The van der Waals surface area contributed by atoms with Gasteiger partial charge in [0.1, 0.15) is 11.9 Å². The van der Waals surface area contributed by atoms with Gasteiger partial charge in [0.25, 0.3) is 10.1 Å². The van der Waals surface area contributed by atoms with E-state index in [-0.39, 0.29) is 4.90 Å². The third-order valence-corrected chi connectivity index (χ3v) is 8.12. The molecule has 0 radical (unpaired) electrons. The van der Waals surface area contributed by atoms with Crippen LogP contribution in [0.25, 0.3) is 22.0 Å². The summed E-state index contributed by atoms with van der Waals surface area (Å²) in [6.45, 7) is 1.17. The van der Waals surface area contributed by atoms with E-state index < -0.39 is 46.4 Å². The smallest absolute Gasteiger partial charge is 0.388 e. The van der Waals surface area contributed by atoms with Gasteiger partial charge >= 0.3 is 6.18 Å². The molecule has 1 N–H and O–H groups in total. The lowest BCUT2D eigenvalue weighted by molar-refractivity contribution is -0.137. The predicted molar refractivity (Wildman–Crippen MR) is 147 cm³/mol. The van der Waals surface area contributed by atoms with Crippen LogP contribution in [0.1, 0.15) is 22.7 Å². The number of hydrogen-bond acceptors (Lipinski definition) is 4. The third kappa shape index (κ3) is 6.04. The van der Waals surface area contributed by atoms with Crippen molar-refractivity contribution in [1.29, 1.82) is 0 Å². The maximum Gasteiger partial charge on any atom is 0.416 e. The second-order valence-electron chi connectivity index (χ2n) is 9.66. The van der Waals surface area contributed by atoms with E-state index in [1.165, 1.54) is 42.5 Å². The number of alkyl halides is 3. The molecule has 0 aliphatic heterocycles. The van der Waals surface area contributed by atoms with Crippen molar-refractivity contribution in [3.8, 4) is 11.1 Å². The number of rotatable bonds is 8. The lowest BCUT2D eigenvalue weighted by Gasteiger charge is -2.26. The van der Waals surface area contributed by atoms with Crippen molar-refractivity contribution in [2.45, 2.75) is 30.1 Å². The fourth-order valence-electron chi connectivity index (χ4n) is 4.79. The highest BCUT2D eigenvalue weighted by molar-refractivity contribution is 7.86. The fourth-order valence-corrected chi connectivity index (χ4v) is 5.71. The summed E-state index contributed by atoms with van der Waals surface area (Å²) in [4.78, 5) is -0.0754. The number of halogens is 4. The van der Waals surface area contributed by atoms with Gasteiger partial charge in [-0.3, -0.25) is 4.18 Å². The molecule has 0 aliphatic carbocycles. The van der Waals surface area contributed by atoms with E-state index in [1.54, 1.807) is 53.2 Å². The molecule has 4 aromatic carbocycles. The standard InChI is InChI=1S/C31H25F4NO4S/c1-20-9-15-25(16-10-20)41(38,39)40-19-29(37)30(22-5-4-6-24(32)17-22)36-18-27(26-7-2-3-8-28(26)36)21-11-13-23(14-12-21)31(33,34)35/h2-18,29-30,37H,19H2,1H3/t29-,30+/m1/s1. The Labute approximate surface area is 234 Å². The molecule has 0 saturated heterocycles. The molecular weight excluding hydrogens is 558 g/mol. The topological polar surface area (TPSA) is 68.5 Å². The van der Waals surface area contributed by atoms with Crippen LogP contribution in [-0.2, 0) is 20.5 Å². The summed E-state index contributed by atoms with van der Waals surface area (Å²) in [5, 5.41) is 12.0. The van der Waals surface area contributed by atoms with Gasteiger partial charge in [-0.25, -0.2) is 4.39 Å². The zero-order chi connectivity index (χ0) is 29.4. The first-order chi connectivity index (χ1) is 19.4. The Morgan fingerprint density at radius 3 is 2.24 bits per heavy atom. The van der Waals surface area contributed by atoms with Crippen LogP contribution in [0.2, 0.25) is 0 Å². The van der Waals surface area contributed by atoms with Gasteiger partial charge in [-0.05, 0) is 60.5 Å². The van der Waals surface area contributed by atoms with E-state index in [0.29, 0.717) is 27.6 Å². The van der Waals surface area contributed by atoms with Gasteiger partial charge < -0.3 is 9.67 Å². The lowest BCUT2D eigenvalue weighted by Crippen LogP contribution is -2.30. The number of benzene rings is 4. The van der Waals surface area contributed by atoms with Gasteiger partial charge in [-0.15, -0.1) is 0 Å². The quantitative estimate of drug-likeness (QED) is 0.156. The molecule has 5 nitrogen and oxygen atoms in total. The second kappa shape index (κ2) is 11.1. The van der Waals surface area contributed by atoms with E-state index in [1.807, 2.05) is 6.92 Å². The van der Waals surface area contributed by atoms with Crippen molar-refractivity contribution in [3.05, 3.63) is 126 Å². The molecule has 0 amide bonds. The Morgan fingerprint density at radius 1 is 0.902 bits per heavy atom. The summed E-state index contributed by atoms with van der Waals surface area (Å²) in [5.41, 5.74) is 2.09. The first-order valence-corrected chi connectivity index (χ1v) is 14.0. The van der Waals surface area contributed by atoms with E-state index in [2.05, 4.69) is 0 Å². The Hall–Kier alpha value is -3.99. The molecule has 5 rings (SSSR count). The zero-order valence-electron chi connectivity index (χ0n) is 21.7. The average molecular weight is 584 g/mol. The van der Waals surface area contributed by atoms with Gasteiger partial charge in [-0.2, -0.15) is 21.6 Å². The van der Waals surface area contributed by atoms with Gasteiger partial charge in [-0.1, -0.05) is 60.2 Å². The van der Waals surface area contributed by atoms with Crippen LogP contribution in [-0.4, -0.2) is 30.8 Å². The number of aromatic nitrogens is 1. The molecule has 0 aliphatic rings. The summed E-state index contributed by atoms with van der Waals surface area (Å²) in [6, 6.07) is 22.3. The van der Waals surface area contributed by atoms with Crippen molar-refractivity contribution in [3.63, 3.8) is 0 Å². The van der Waals surface area contributed by atoms with Crippen LogP contribution in [0.15, 0.2) is 108 Å². The van der Waals surface area contributed by atoms with Crippen molar-refractivity contribution in [1.82, 2.24) is 4.57 Å². The number of aliphatic hydroxyl groups is 1. The molecule has 212 valence electrons. The van der Waals surface area contributed by atoms with Gasteiger partial charge in [0.15, 0.2) is 0 Å². The minimum absolute atomic E-state index is 0.0754. The molecule has 2 atom stereocenters. The Balaban J connectivity index is 1.56. The van der Waals surface area contributed by atoms with Crippen molar-refractivity contribution >= 4 is 21.0 Å². The fraction of sp³-hybridized carbons (Fsp3) is 0.161. The highest BCUT2D eigenvalue weighted by Crippen LogP contribution is 2.37. The van der Waals surface area contributed by atoms with E-state index in [9.17, 15) is 31.1 Å². The molecule has 0 fully saturated rings. The lowest BCUT2D eigenvalue weighted by atomic mass is 10.0. The van der Waals surface area contributed by atoms with Crippen molar-refractivity contribution < 1.29 is 35.3 Å². The number of nitrogens with zero attached hydrogens (tertiary/aromatic N) is 1. The SMILES string of the molecule is Cc1ccc(S(=O)(=O)OC[C@@H](O)[C@H](c2cccc(F)c2)n2cc(-c3ccc(C(F)(F)F)cc3)c3ccccc32)cc1. The van der Waals surface area contributed by atoms with E-state index in [0.717, 1.165) is 17.7 Å². The molecule has 41 heavy (non-hydrogen) atoms. The minimum Gasteiger partial charge on any atom is -0.388 e.